The second-order valence-electron chi connectivity index (χ2n) is 5.63. The standard InChI is InChI=1S/C14H19N5.2ClH/c1-2-8-19-13(5-1)16-17-14(19)18-9-6-12-11(10-18)4-3-7-15-12;;/h1-2,5,8,11-12,15H,3-4,6-7,9-10H2;2*1H/t11-,12+;;/m1../s1. The van der Waals surface area contributed by atoms with Crippen LogP contribution in [0.15, 0.2) is 24.4 Å². The van der Waals surface area contributed by atoms with Gasteiger partial charge >= 0.3 is 0 Å². The molecule has 2 aromatic rings. The monoisotopic (exact) mass is 329 g/mol. The number of aromatic nitrogens is 3. The summed E-state index contributed by atoms with van der Waals surface area (Å²) in [6.45, 7) is 3.37. The highest BCUT2D eigenvalue weighted by molar-refractivity contribution is 5.85. The topological polar surface area (TPSA) is 45.5 Å². The van der Waals surface area contributed by atoms with Crippen LogP contribution in [0.25, 0.3) is 5.65 Å². The third-order valence-corrected chi connectivity index (χ3v) is 4.47. The highest BCUT2D eigenvalue weighted by Crippen LogP contribution is 2.27. The van der Waals surface area contributed by atoms with E-state index in [1.807, 2.05) is 18.2 Å². The normalized spacial score (nSPS) is 24.9. The molecular formula is C14H21Cl2N5. The van der Waals surface area contributed by atoms with E-state index in [4.69, 9.17) is 0 Å². The number of pyridine rings is 1. The van der Waals surface area contributed by atoms with Gasteiger partial charge in [0.1, 0.15) is 0 Å². The summed E-state index contributed by atoms with van der Waals surface area (Å²) < 4.78 is 2.09. The lowest BCUT2D eigenvalue weighted by atomic mass is 9.85. The minimum atomic E-state index is 0. The molecule has 2 atom stereocenters. The van der Waals surface area contributed by atoms with Crippen molar-refractivity contribution in [2.45, 2.75) is 25.3 Å². The summed E-state index contributed by atoms with van der Waals surface area (Å²) in [7, 11) is 0. The maximum absolute atomic E-state index is 4.38. The van der Waals surface area contributed by atoms with Gasteiger partial charge in [-0.05, 0) is 43.9 Å². The van der Waals surface area contributed by atoms with E-state index in [0.717, 1.165) is 30.6 Å². The van der Waals surface area contributed by atoms with Crippen molar-refractivity contribution in [1.82, 2.24) is 19.9 Å². The van der Waals surface area contributed by atoms with E-state index in [2.05, 4.69) is 31.0 Å². The number of hydrogen-bond donors (Lipinski definition) is 1. The lowest BCUT2D eigenvalue weighted by Crippen LogP contribution is -2.52. The van der Waals surface area contributed by atoms with Crippen molar-refractivity contribution in [3.05, 3.63) is 24.4 Å². The van der Waals surface area contributed by atoms with Crippen LogP contribution in [0.2, 0.25) is 0 Å². The molecule has 0 amide bonds. The molecule has 0 bridgehead atoms. The van der Waals surface area contributed by atoms with E-state index >= 15 is 0 Å². The molecule has 0 aromatic carbocycles. The minimum absolute atomic E-state index is 0. The first-order valence-corrected chi connectivity index (χ1v) is 7.20. The first kappa shape index (κ1) is 16.3. The Balaban J connectivity index is 0.000000807. The lowest BCUT2D eigenvalue weighted by Gasteiger charge is -2.41. The van der Waals surface area contributed by atoms with Gasteiger partial charge in [0.25, 0.3) is 0 Å². The molecule has 2 aromatic heterocycles. The van der Waals surface area contributed by atoms with Gasteiger partial charge < -0.3 is 10.2 Å². The van der Waals surface area contributed by atoms with Crippen LogP contribution in [0.1, 0.15) is 19.3 Å². The maximum Gasteiger partial charge on any atom is 0.231 e. The number of rotatable bonds is 1. The van der Waals surface area contributed by atoms with E-state index in [0.29, 0.717) is 6.04 Å². The van der Waals surface area contributed by atoms with Crippen molar-refractivity contribution < 1.29 is 0 Å². The Labute approximate surface area is 136 Å². The second kappa shape index (κ2) is 6.81. The van der Waals surface area contributed by atoms with Crippen LogP contribution < -0.4 is 10.2 Å². The van der Waals surface area contributed by atoms with Crippen LogP contribution in [-0.2, 0) is 0 Å². The Morgan fingerprint density at radius 1 is 1.14 bits per heavy atom. The van der Waals surface area contributed by atoms with Crippen molar-refractivity contribution in [3.8, 4) is 0 Å². The molecule has 2 aliphatic heterocycles. The number of anilines is 1. The summed E-state index contributed by atoms with van der Waals surface area (Å²) in [6.07, 6.45) is 5.91. The molecule has 4 heterocycles. The predicted molar refractivity (Wildman–Crippen MR) is 88.8 cm³/mol. The molecule has 0 saturated carbocycles. The molecule has 1 N–H and O–H groups in total. The summed E-state index contributed by atoms with van der Waals surface area (Å²) in [5, 5.41) is 12.3. The van der Waals surface area contributed by atoms with E-state index in [9.17, 15) is 0 Å². The van der Waals surface area contributed by atoms with Gasteiger partial charge in [0, 0.05) is 25.3 Å². The Kier molecular flexibility index (Phi) is 5.30. The first-order valence-electron chi connectivity index (χ1n) is 7.20. The van der Waals surface area contributed by atoms with E-state index in [-0.39, 0.29) is 24.8 Å². The maximum atomic E-state index is 4.38. The zero-order valence-corrected chi connectivity index (χ0v) is 13.4. The molecule has 21 heavy (non-hydrogen) atoms. The Morgan fingerprint density at radius 3 is 2.95 bits per heavy atom. The van der Waals surface area contributed by atoms with Gasteiger partial charge in [0.15, 0.2) is 5.65 Å². The molecular weight excluding hydrogens is 309 g/mol. The quantitative estimate of drug-likeness (QED) is 0.870. The highest BCUT2D eigenvalue weighted by atomic mass is 35.5. The molecule has 0 spiro atoms. The Bertz CT molecular complexity index is 588. The van der Waals surface area contributed by atoms with Crippen LogP contribution in [0.5, 0.6) is 0 Å². The zero-order valence-electron chi connectivity index (χ0n) is 11.8. The molecule has 0 unspecified atom stereocenters. The van der Waals surface area contributed by atoms with E-state index in [1.54, 1.807) is 0 Å². The smallest absolute Gasteiger partial charge is 0.231 e. The zero-order chi connectivity index (χ0) is 12.7. The molecule has 2 saturated heterocycles. The van der Waals surface area contributed by atoms with Crippen molar-refractivity contribution in [2.24, 2.45) is 5.92 Å². The molecule has 0 radical (unpaired) electrons. The molecule has 0 aliphatic carbocycles. The number of hydrogen-bond acceptors (Lipinski definition) is 4. The summed E-state index contributed by atoms with van der Waals surface area (Å²) >= 11 is 0. The second-order valence-corrected chi connectivity index (χ2v) is 5.63. The van der Waals surface area contributed by atoms with Crippen LogP contribution in [0, 0.1) is 5.92 Å². The highest BCUT2D eigenvalue weighted by Gasteiger charge is 2.32. The number of fused-ring (bicyclic) bond motifs is 2. The summed E-state index contributed by atoms with van der Waals surface area (Å²) in [4.78, 5) is 2.40. The average molecular weight is 330 g/mol. The summed E-state index contributed by atoms with van der Waals surface area (Å²) in [5.41, 5.74) is 0.932. The van der Waals surface area contributed by atoms with Crippen molar-refractivity contribution in [1.29, 1.82) is 0 Å². The summed E-state index contributed by atoms with van der Waals surface area (Å²) in [5.74, 6) is 1.76. The lowest BCUT2D eigenvalue weighted by molar-refractivity contribution is 0.243. The molecule has 2 aliphatic rings. The van der Waals surface area contributed by atoms with Crippen molar-refractivity contribution in [3.63, 3.8) is 0 Å². The molecule has 4 rings (SSSR count). The first-order chi connectivity index (χ1) is 9.42. The number of piperidine rings is 2. The summed E-state index contributed by atoms with van der Waals surface area (Å²) in [6, 6.07) is 6.76. The number of nitrogens with one attached hydrogen (secondary N) is 1. The fourth-order valence-corrected chi connectivity index (χ4v) is 3.47. The largest absolute Gasteiger partial charge is 0.340 e. The van der Waals surface area contributed by atoms with E-state index in [1.165, 1.54) is 25.8 Å². The van der Waals surface area contributed by atoms with Gasteiger partial charge in [-0.1, -0.05) is 6.07 Å². The minimum Gasteiger partial charge on any atom is -0.340 e. The Morgan fingerprint density at radius 2 is 2.05 bits per heavy atom. The number of halogens is 2. The SMILES string of the molecule is Cl.Cl.c1ccn2c(N3CC[C@@H]4NCCC[C@@H]4C3)nnc2c1. The van der Waals surface area contributed by atoms with E-state index < -0.39 is 0 Å². The number of nitrogens with zero attached hydrogens (tertiary/aromatic N) is 4. The van der Waals surface area contributed by atoms with Gasteiger partial charge in [-0.2, -0.15) is 0 Å². The Hall–Kier alpha value is -1.04. The van der Waals surface area contributed by atoms with Gasteiger partial charge in [0.2, 0.25) is 5.95 Å². The fourth-order valence-electron chi connectivity index (χ4n) is 3.47. The molecule has 116 valence electrons. The average Bonchev–Trinajstić information content (AvgIpc) is 2.91. The van der Waals surface area contributed by atoms with Crippen LogP contribution >= 0.6 is 24.8 Å². The van der Waals surface area contributed by atoms with Gasteiger partial charge in [-0.25, -0.2) is 0 Å². The fraction of sp³-hybridized carbons (Fsp3) is 0.571. The van der Waals surface area contributed by atoms with Crippen molar-refractivity contribution >= 4 is 36.4 Å². The molecule has 7 heteroatoms. The van der Waals surface area contributed by atoms with Gasteiger partial charge in [0.05, 0.1) is 0 Å². The van der Waals surface area contributed by atoms with Crippen LogP contribution in [-0.4, -0.2) is 40.3 Å². The third-order valence-electron chi connectivity index (χ3n) is 4.47. The van der Waals surface area contributed by atoms with Crippen LogP contribution in [0.3, 0.4) is 0 Å². The third kappa shape index (κ3) is 2.96. The van der Waals surface area contributed by atoms with Crippen molar-refractivity contribution in [2.75, 3.05) is 24.5 Å². The van der Waals surface area contributed by atoms with Gasteiger partial charge in [-0.3, -0.25) is 4.40 Å². The molecule has 5 nitrogen and oxygen atoms in total. The van der Waals surface area contributed by atoms with Crippen LogP contribution in [0.4, 0.5) is 5.95 Å². The van der Waals surface area contributed by atoms with Gasteiger partial charge in [-0.15, -0.1) is 35.0 Å². The molecule has 2 fully saturated rings. The predicted octanol–water partition coefficient (Wildman–Crippen LogP) is 2.15.